The van der Waals surface area contributed by atoms with Crippen LogP contribution in [-0.4, -0.2) is 28.4 Å². The lowest BCUT2D eigenvalue weighted by atomic mass is 9.71. The van der Waals surface area contributed by atoms with E-state index < -0.39 is 0 Å². The minimum Gasteiger partial charge on any atom is -0.508 e. The predicted octanol–water partition coefficient (Wildman–Crippen LogP) is 3.14. The van der Waals surface area contributed by atoms with Gasteiger partial charge in [0.2, 0.25) is 0 Å². The van der Waals surface area contributed by atoms with E-state index in [4.69, 9.17) is 0 Å². The van der Waals surface area contributed by atoms with Crippen molar-refractivity contribution < 1.29 is 9.90 Å². The van der Waals surface area contributed by atoms with Gasteiger partial charge < -0.3 is 5.11 Å². The van der Waals surface area contributed by atoms with Gasteiger partial charge in [-0.2, -0.15) is 0 Å². The highest BCUT2D eigenvalue weighted by Crippen LogP contribution is 2.46. The number of aromatic hydroxyl groups is 1. The first-order chi connectivity index (χ1) is 9.56. The quantitative estimate of drug-likeness (QED) is 0.919. The van der Waals surface area contributed by atoms with Crippen LogP contribution < -0.4 is 0 Å². The number of piperidine rings is 2. The molecule has 4 rings (SSSR count). The maximum absolute atomic E-state index is 12.3. The Bertz CT molecular complexity index is 511. The van der Waals surface area contributed by atoms with Crippen molar-refractivity contribution in [2.75, 3.05) is 6.54 Å². The monoisotopic (exact) mass is 273 g/mol. The minimum atomic E-state index is 0.112. The highest BCUT2D eigenvalue weighted by Gasteiger charge is 2.47. The number of hydrogen-bond acceptors (Lipinski definition) is 3. The zero-order valence-electron chi connectivity index (χ0n) is 12.2. The molecule has 3 heteroatoms. The van der Waals surface area contributed by atoms with Crippen molar-refractivity contribution in [2.24, 2.45) is 11.8 Å². The number of phenols is 1. The van der Waals surface area contributed by atoms with E-state index in [0.29, 0.717) is 29.9 Å². The Hall–Kier alpha value is -1.35. The molecule has 3 atom stereocenters. The summed E-state index contributed by atoms with van der Waals surface area (Å²) in [5.41, 5.74) is 1.09. The Balaban J connectivity index is 1.97. The fourth-order valence-electron chi connectivity index (χ4n) is 3.91. The predicted molar refractivity (Wildman–Crippen MR) is 78.5 cm³/mol. The van der Waals surface area contributed by atoms with Crippen LogP contribution in [0.1, 0.15) is 44.7 Å². The summed E-state index contributed by atoms with van der Waals surface area (Å²) in [6, 6.07) is 7.99. The van der Waals surface area contributed by atoms with Crippen LogP contribution in [0.4, 0.5) is 0 Å². The third kappa shape index (κ3) is 2.35. The average Bonchev–Trinajstić information content (AvgIpc) is 2.39. The van der Waals surface area contributed by atoms with Gasteiger partial charge in [-0.3, -0.25) is 9.69 Å². The summed E-state index contributed by atoms with van der Waals surface area (Å²) in [6.45, 7) is 5.47. The van der Waals surface area contributed by atoms with Crippen molar-refractivity contribution in [1.82, 2.24) is 4.90 Å². The first-order valence-corrected chi connectivity index (χ1v) is 7.63. The van der Waals surface area contributed by atoms with Gasteiger partial charge >= 0.3 is 0 Å². The van der Waals surface area contributed by atoms with Crippen LogP contribution in [0.2, 0.25) is 0 Å². The number of Topliss-reactive ketones (excluding diaryl/α,β-unsaturated/α-hetero) is 1. The topological polar surface area (TPSA) is 40.5 Å². The Morgan fingerprint density at radius 3 is 2.80 bits per heavy atom. The van der Waals surface area contributed by atoms with Crippen LogP contribution >= 0.6 is 0 Å². The Kier molecular flexibility index (Phi) is 3.55. The lowest BCUT2D eigenvalue weighted by Gasteiger charge is -2.51. The molecule has 3 aliphatic rings. The number of carbonyl (C=O) groups excluding carboxylic acids is 1. The third-order valence-electron chi connectivity index (χ3n) is 4.66. The van der Waals surface area contributed by atoms with E-state index in [2.05, 4.69) is 18.7 Å². The fourth-order valence-corrected chi connectivity index (χ4v) is 3.91. The molecule has 3 unspecified atom stereocenters. The van der Waals surface area contributed by atoms with Crippen molar-refractivity contribution in [1.29, 1.82) is 0 Å². The second-order valence-electron chi connectivity index (χ2n) is 6.64. The molecule has 1 aromatic rings. The number of hydrogen-bond donors (Lipinski definition) is 1. The second kappa shape index (κ2) is 5.21. The summed E-state index contributed by atoms with van der Waals surface area (Å²) in [7, 11) is 0. The molecule has 2 saturated heterocycles. The molecule has 3 nitrogen and oxygen atoms in total. The van der Waals surface area contributed by atoms with E-state index in [0.717, 1.165) is 24.9 Å². The first-order valence-electron chi connectivity index (χ1n) is 7.63. The molecular weight excluding hydrogens is 250 g/mol. The Morgan fingerprint density at radius 1 is 1.35 bits per heavy atom. The molecule has 0 radical (unpaired) electrons. The molecule has 1 saturated carbocycles. The molecule has 2 aliphatic heterocycles. The number of rotatable bonds is 3. The van der Waals surface area contributed by atoms with Crippen molar-refractivity contribution in [2.45, 2.75) is 45.2 Å². The van der Waals surface area contributed by atoms with Gasteiger partial charge in [0, 0.05) is 31.0 Å². The smallest absolute Gasteiger partial charge is 0.139 e. The maximum atomic E-state index is 12.3. The summed E-state index contributed by atoms with van der Waals surface area (Å²) in [5.74, 6) is 1.40. The van der Waals surface area contributed by atoms with Crippen LogP contribution in [0.25, 0.3) is 0 Å². The van der Waals surface area contributed by atoms with Crippen molar-refractivity contribution in [3.05, 3.63) is 29.8 Å². The first kappa shape index (κ1) is 13.6. The van der Waals surface area contributed by atoms with Crippen LogP contribution in [0.5, 0.6) is 5.75 Å². The molecule has 3 fully saturated rings. The number of ketones is 1. The zero-order chi connectivity index (χ0) is 14.3. The SMILES string of the molecule is CC(C)CN1C2CCC(C(=O)C2)C1c1cccc(O)c1. The minimum absolute atomic E-state index is 0.112. The lowest BCUT2D eigenvalue weighted by Crippen LogP contribution is -2.55. The van der Waals surface area contributed by atoms with Gasteiger partial charge in [0.05, 0.1) is 0 Å². The lowest BCUT2D eigenvalue weighted by molar-refractivity contribution is -0.138. The standard InChI is InChI=1S/C17H23NO2/c1-11(2)10-18-13-6-7-15(16(20)9-13)17(18)12-4-3-5-14(19)8-12/h3-5,8,11,13,15,17,19H,6-7,9-10H2,1-2H3. The fraction of sp³-hybridized carbons (Fsp3) is 0.588. The maximum Gasteiger partial charge on any atom is 0.139 e. The van der Waals surface area contributed by atoms with Gasteiger partial charge in [-0.15, -0.1) is 0 Å². The van der Waals surface area contributed by atoms with Gasteiger partial charge in [-0.05, 0) is 36.5 Å². The van der Waals surface area contributed by atoms with Crippen molar-refractivity contribution in [3.63, 3.8) is 0 Å². The molecule has 0 amide bonds. The number of nitrogens with zero attached hydrogens (tertiary/aromatic N) is 1. The van der Waals surface area contributed by atoms with Crippen LogP contribution in [0.15, 0.2) is 24.3 Å². The summed E-state index contributed by atoms with van der Waals surface area (Å²) < 4.78 is 0. The molecule has 0 aromatic heterocycles. The average molecular weight is 273 g/mol. The number of fused-ring (bicyclic) bond motifs is 3. The molecule has 2 heterocycles. The van der Waals surface area contributed by atoms with Gasteiger partial charge in [-0.25, -0.2) is 0 Å². The van der Waals surface area contributed by atoms with Crippen LogP contribution in [0.3, 0.4) is 0 Å². The van der Waals surface area contributed by atoms with E-state index in [-0.39, 0.29) is 12.0 Å². The molecule has 1 aliphatic carbocycles. The highest BCUT2D eigenvalue weighted by molar-refractivity contribution is 5.84. The largest absolute Gasteiger partial charge is 0.508 e. The molecule has 1 N–H and O–H groups in total. The normalized spacial score (nSPS) is 30.1. The van der Waals surface area contributed by atoms with Gasteiger partial charge in [0.25, 0.3) is 0 Å². The van der Waals surface area contributed by atoms with Crippen molar-refractivity contribution >= 4 is 5.78 Å². The summed E-state index contributed by atoms with van der Waals surface area (Å²) in [4.78, 5) is 14.8. The van der Waals surface area contributed by atoms with Crippen LogP contribution in [0, 0.1) is 11.8 Å². The van der Waals surface area contributed by atoms with Crippen molar-refractivity contribution in [3.8, 4) is 5.75 Å². The molecular formula is C17H23NO2. The van der Waals surface area contributed by atoms with Gasteiger partial charge in [-0.1, -0.05) is 26.0 Å². The van der Waals surface area contributed by atoms with Gasteiger partial charge in [0.15, 0.2) is 0 Å². The zero-order valence-corrected chi connectivity index (χ0v) is 12.2. The second-order valence-corrected chi connectivity index (χ2v) is 6.64. The summed E-state index contributed by atoms with van der Waals surface area (Å²) in [6.07, 6.45) is 2.85. The molecule has 108 valence electrons. The molecule has 1 aromatic carbocycles. The van der Waals surface area contributed by atoms with Gasteiger partial charge in [0.1, 0.15) is 11.5 Å². The molecule has 0 spiro atoms. The van der Waals surface area contributed by atoms with E-state index >= 15 is 0 Å². The van der Waals surface area contributed by atoms with E-state index in [1.807, 2.05) is 18.2 Å². The number of phenolic OH excluding ortho intramolecular Hbond substituents is 1. The Labute approximate surface area is 120 Å². The highest BCUT2D eigenvalue weighted by atomic mass is 16.3. The van der Waals surface area contributed by atoms with E-state index in [9.17, 15) is 9.90 Å². The summed E-state index contributed by atoms with van der Waals surface area (Å²) >= 11 is 0. The Morgan fingerprint density at radius 2 is 2.15 bits per heavy atom. The molecule has 20 heavy (non-hydrogen) atoms. The molecule has 2 bridgehead atoms. The third-order valence-corrected chi connectivity index (χ3v) is 4.66. The van der Waals surface area contributed by atoms with Crippen LogP contribution in [-0.2, 0) is 4.79 Å². The van der Waals surface area contributed by atoms with E-state index in [1.165, 1.54) is 0 Å². The summed E-state index contributed by atoms with van der Waals surface area (Å²) in [5, 5.41) is 9.74. The number of carbonyl (C=O) groups is 1. The number of benzene rings is 1. The van der Waals surface area contributed by atoms with E-state index in [1.54, 1.807) is 6.07 Å².